The molecule has 4 aromatic carbocycles. The number of allylic oxidation sites excluding steroid dienone is 2. The zero-order chi connectivity index (χ0) is 35.5. The maximum absolute atomic E-state index is 3.73. The molecule has 4 aliphatic rings. The van der Waals surface area contributed by atoms with Crippen molar-refractivity contribution >= 4 is 43.8 Å². The van der Waals surface area contributed by atoms with Crippen LogP contribution in [0.1, 0.15) is 138 Å². The predicted octanol–water partition coefficient (Wildman–Crippen LogP) is 14.8. The summed E-state index contributed by atoms with van der Waals surface area (Å²) in [5, 5.41) is 0. The summed E-state index contributed by atoms with van der Waals surface area (Å²) in [5.41, 5.74) is 18.2. The summed E-state index contributed by atoms with van der Waals surface area (Å²) in [5.74, 6) is 2.86. The van der Waals surface area contributed by atoms with Crippen LogP contribution in [0, 0.1) is 11.8 Å². The van der Waals surface area contributed by atoms with Crippen molar-refractivity contribution in [3.05, 3.63) is 129 Å². The number of halogens is 2. The normalized spacial score (nSPS) is 23.0. The monoisotopic (exact) mass is 838 g/mol. The first-order valence-corrected chi connectivity index (χ1v) is 34.1. The second-order valence-electron chi connectivity index (χ2n) is 18.6. The van der Waals surface area contributed by atoms with Gasteiger partial charge in [0.1, 0.15) is 0 Å². The number of rotatable bonds is 7. The second-order valence-corrected chi connectivity index (χ2v) is 49.1. The first kappa shape index (κ1) is 40.7. The zero-order valence-electron chi connectivity index (χ0n) is 33.1. The largest absolute Gasteiger partial charge is 0.147 e. The summed E-state index contributed by atoms with van der Waals surface area (Å²) >= 11 is -3.73. The van der Waals surface area contributed by atoms with Gasteiger partial charge in [-0.1, -0.05) is 0 Å². The van der Waals surface area contributed by atoms with Crippen molar-refractivity contribution in [1.82, 2.24) is 0 Å². The molecule has 0 spiro atoms. The van der Waals surface area contributed by atoms with Crippen molar-refractivity contribution in [2.24, 2.45) is 11.8 Å². The average molecular weight is 841 g/mol. The number of hydrogen-bond acceptors (Lipinski definition) is 0. The van der Waals surface area contributed by atoms with Crippen molar-refractivity contribution < 1.29 is 17.4 Å². The van der Waals surface area contributed by atoms with Crippen molar-refractivity contribution in [3.8, 4) is 22.3 Å². The number of fused-ring (bicyclic) bond motifs is 2. The van der Waals surface area contributed by atoms with E-state index >= 15 is 0 Å². The van der Waals surface area contributed by atoms with E-state index in [2.05, 4.69) is 141 Å². The molecule has 0 heterocycles. The third kappa shape index (κ3) is 7.51. The van der Waals surface area contributed by atoms with E-state index < -0.39 is 17.4 Å². The van der Waals surface area contributed by atoms with E-state index in [9.17, 15) is 0 Å². The van der Waals surface area contributed by atoms with Crippen LogP contribution in [0.25, 0.3) is 34.4 Å². The van der Waals surface area contributed by atoms with Crippen molar-refractivity contribution in [3.63, 3.8) is 0 Å². The fourth-order valence-corrected chi connectivity index (χ4v) is 31.7. The minimum Gasteiger partial charge on any atom is -0.147 e. The summed E-state index contributed by atoms with van der Waals surface area (Å²) in [4.78, 5) is 0. The van der Waals surface area contributed by atoms with Crippen LogP contribution in [0.4, 0.5) is 0 Å². The number of benzene rings is 4. The van der Waals surface area contributed by atoms with E-state index in [0.717, 1.165) is 11.8 Å². The second kappa shape index (κ2) is 15.9. The Morgan fingerprint density at radius 3 is 1.70 bits per heavy atom. The molecule has 53 heavy (non-hydrogen) atoms. The van der Waals surface area contributed by atoms with Gasteiger partial charge in [-0.25, -0.2) is 0 Å². The van der Waals surface area contributed by atoms with Gasteiger partial charge >= 0.3 is 314 Å². The fraction of sp³-hybridized carbons (Fsp3) is 0.429. The van der Waals surface area contributed by atoms with Crippen LogP contribution < -0.4 is 0 Å². The van der Waals surface area contributed by atoms with E-state index in [4.69, 9.17) is 0 Å². The van der Waals surface area contributed by atoms with E-state index in [1.807, 2.05) is 0 Å². The van der Waals surface area contributed by atoms with E-state index in [0.29, 0.717) is 19.1 Å². The van der Waals surface area contributed by atoms with Crippen molar-refractivity contribution in [2.45, 2.75) is 114 Å². The molecule has 0 radical (unpaired) electrons. The fourth-order valence-electron chi connectivity index (χ4n) is 11.3. The smallest absolute Gasteiger partial charge is 0.147 e. The topological polar surface area (TPSA) is 0 Å². The first-order valence-electron chi connectivity index (χ1n) is 20.4. The molecular formula is C49H62Cl2SiZr. The molecule has 4 aromatic rings. The van der Waals surface area contributed by atoms with Gasteiger partial charge in [0.25, 0.3) is 0 Å². The molecule has 0 N–H and O–H groups in total. The van der Waals surface area contributed by atoms with Crippen LogP contribution in [-0.4, -0.2) is 6.88 Å². The molecule has 2 unspecified atom stereocenters. The molecule has 0 bridgehead atoms. The van der Waals surface area contributed by atoms with E-state index in [1.54, 1.807) is 27.8 Å². The SMILES string of the molecule is CC1=Cc2c(-c3ccc(C4CCCCC4)cc3)cccc2[CH]1[Zr]([CH3])([CH3])(=[SiH2])[CH]1C(C2CCC(C)CC2)=Cc2c(-c3ccc(C(C)C)cc3)cccc21.Cl.Cl. The van der Waals surface area contributed by atoms with Gasteiger partial charge in [-0.3, -0.25) is 0 Å². The summed E-state index contributed by atoms with van der Waals surface area (Å²) in [7, 11) is 0. The molecular weight excluding hydrogens is 779 g/mol. The Kier molecular flexibility index (Phi) is 12.2. The molecule has 0 aliphatic heterocycles. The van der Waals surface area contributed by atoms with Crippen LogP contribution in [-0.2, 0) is 17.4 Å². The standard InChI is InChI=1S/C25H29.C22H23.2CH3.2ClH.H2Si.Zr/c1-17(2)19-11-13-21(14-12-19)24-6-4-5-22-15-23(16-25(22)24)20-9-7-18(3)8-10-20;1-16-14-20-8-5-9-21(22(20)15-16)19-12-10-18(11-13-19)17-6-3-2-4-7-17;;;;;;/h4-6,11-18,20H,7-10H2,1-3H3;5,8-15,17H,2-4,6-7H2,1H3;2*1H3;2*1H;1H2;. The maximum Gasteiger partial charge on any atom is -0.147 e. The quantitative estimate of drug-likeness (QED) is 0.163. The molecule has 0 nitrogen and oxygen atoms in total. The molecule has 8 rings (SSSR count). The predicted molar refractivity (Wildman–Crippen MR) is 237 cm³/mol. The van der Waals surface area contributed by atoms with E-state index in [1.165, 1.54) is 96.7 Å². The average Bonchev–Trinajstić information content (AvgIpc) is 3.71. The van der Waals surface area contributed by atoms with Crippen LogP contribution in [0.3, 0.4) is 0 Å². The molecule has 0 amide bonds. The van der Waals surface area contributed by atoms with Gasteiger partial charge < -0.3 is 0 Å². The third-order valence-corrected chi connectivity index (χ3v) is 31.6. The summed E-state index contributed by atoms with van der Waals surface area (Å²) < 4.78 is 6.78. The van der Waals surface area contributed by atoms with E-state index in [-0.39, 0.29) is 24.8 Å². The molecule has 0 aromatic heterocycles. The molecule has 0 saturated heterocycles. The summed E-state index contributed by atoms with van der Waals surface area (Å²) in [6, 6.07) is 33.8. The Hall–Kier alpha value is -1.96. The van der Waals surface area contributed by atoms with Gasteiger partial charge in [0.05, 0.1) is 0 Å². The van der Waals surface area contributed by atoms with Gasteiger partial charge in [0, 0.05) is 0 Å². The third-order valence-electron chi connectivity index (χ3n) is 13.9. The van der Waals surface area contributed by atoms with Gasteiger partial charge in [-0.2, -0.15) is 0 Å². The first-order chi connectivity index (χ1) is 24.5. The molecule has 2 atom stereocenters. The molecule has 4 heteroatoms. The molecule has 2 fully saturated rings. The Morgan fingerprint density at radius 1 is 0.604 bits per heavy atom. The van der Waals surface area contributed by atoms with Crippen molar-refractivity contribution in [2.75, 3.05) is 0 Å². The molecule has 4 aliphatic carbocycles. The summed E-state index contributed by atoms with van der Waals surface area (Å²) in [6.07, 6.45) is 17.7. The van der Waals surface area contributed by atoms with Crippen LogP contribution in [0.5, 0.6) is 0 Å². The van der Waals surface area contributed by atoms with Gasteiger partial charge in [-0.05, 0) is 0 Å². The van der Waals surface area contributed by atoms with Gasteiger partial charge in [0.2, 0.25) is 0 Å². The van der Waals surface area contributed by atoms with Crippen LogP contribution in [0.2, 0.25) is 9.26 Å². The minimum atomic E-state index is -3.73. The Labute approximate surface area is 336 Å². The van der Waals surface area contributed by atoms with Crippen LogP contribution >= 0.6 is 24.8 Å². The number of hydrogen-bond donors (Lipinski definition) is 0. The Balaban J connectivity index is 0.00000240. The minimum absolute atomic E-state index is 0. The molecule has 2 saturated carbocycles. The maximum atomic E-state index is 2.84. The van der Waals surface area contributed by atoms with Crippen molar-refractivity contribution in [1.29, 1.82) is 0 Å². The molecule has 280 valence electrons. The zero-order valence-corrected chi connectivity index (χ0v) is 38.6. The van der Waals surface area contributed by atoms with Gasteiger partial charge in [0.15, 0.2) is 0 Å². The van der Waals surface area contributed by atoms with Gasteiger partial charge in [-0.15, -0.1) is 24.8 Å². The Bertz CT molecular complexity index is 2070. The van der Waals surface area contributed by atoms with Crippen LogP contribution in [0.15, 0.2) is 96.1 Å². The summed E-state index contributed by atoms with van der Waals surface area (Å²) in [6.45, 7) is 12.1. The Morgan fingerprint density at radius 2 is 1.13 bits per heavy atom.